The van der Waals surface area contributed by atoms with E-state index in [4.69, 9.17) is 0 Å². The molecule has 0 bridgehead atoms. The van der Waals surface area contributed by atoms with Gasteiger partial charge in [0.1, 0.15) is 0 Å². The van der Waals surface area contributed by atoms with Crippen LogP contribution in [0.25, 0.3) is 17.7 Å². The van der Waals surface area contributed by atoms with Crippen molar-refractivity contribution in [3.05, 3.63) is 76.4 Å². The van der Waals surface area contributed by atoms with E-state index in [1.807, 2.05) is 4.90 Å². The van der Waals surface area contributed by atoms with Gasteiger partial charge in [-0.05, 0) is 53.5 Å². The second-order valence-electron chi connectivity index (χ2n) is 9.90. The molecular formula is C30H35N3O2. The quantitative estimate of drug-likeness (QED) is 0.615. The molecule has 2 amide bonds. The van der Waals surface area contributed by atoms with Crippen molar-refractivity contribution in [3.8, 4) is 0 Å². The van der Waals surface area contributed by atoms with E-state index in [9.17, 15) is 9.59 Å². The molecule has 2 heterocycles. The van der Waals surface area contributed by atoms with Crippen LogP contribution in [0.2, 0.25) is 0 Å². The van der Waals surface area contributed by atoms with Crippen LogP contribution in [0.3, 0.4) is 0 Å². The third-order valence-corrected chi connectivity index (χ3v) is 7.75. The van der Waals surface area contributed by atoms with E-state index in [1.165, 1.54) is 33.4 Å². The van der Waals surface area contributed by atoms with Gasteiger partial charge in [-0.25, -0.2) is 0 Å². The van der Waals surface area contributed by atoms with Crippen LogP contribution in [0.5, 0.6) is 0 Å². The molecule has 2 fully saturated rings. The summed E-state index contributed by atoms with van der Waals surface area (Å²) in [6.07, 6.45) is 8.12. The van der Waals surface area contributed by atoms with E-state index in [-0.39, 0.29) is 17.7 Å². The maximum absolute atomic E-state index is 12.6. The van der Waals surface area contributed by atoms with Gasteiger partial charge in [-0.15, -0.1) is 0 Å². The Morgan fingerprint density at radius 1 is 0.857 bits per heavy atom. The van der Waals surface area contributed by atoms with E-state index in [2.05, 4.69) is 70.9 Å². The van der Waals surface area contributed by atoms with Crippen LogP contribution in [0.1, 0.15) is 54.9 Å². The minimum Gasteiger partial charge on any atom is -0.355 e. The molecule has 0 aromatic heterocycles. The molecule has 2 aliphatic heterocycles. The molecule has 5 nitrogen and oxygen atoms in total. The van der Waals surface area contributed by atoms with Crippen molar-refractivity contribution in [2.45, 2.75) is 32.6 Å². The third kappa shape index (κ3) is 5.25. The van der Waals surface area contributed by atoms with Gasteiger partial charge in [0.05, 0.1) is 0 Å². The van der Waals surface area contributed by atoms with Crippen molar-refractivity contribution < 1.29 is 9.59 Å². The third-order valence-electron chi connectivity index (χ3n) is 7.75. The number of likely N-dealkylation sites (tertiary alicyclic amines) is 2. The van der Waals surface area contributed by atoms with Crippen LogP contribution in [-0.2, 0) is 9.59 Å². The first-order chi connectivity index (χ1) is 17.1. The maximum Gasteiger partial charge on any atom is 0.223 e. The minimum absolute atomic E-state index is 0.0345. The Morgan fingerprint density at radius 2 is 1.43 bits per heavy atom. The number of nitrogens with zero attached hydrogens (tertiary/aromatic N) is 2. The van der Waals surface area contributed by atoms with Crippen molar-refractivity contribution >= 4 is 29.5 Å². The molecule has 0 atom stereocenters. The standard InChI is InChI=1S/C30H35N3O2/c1-22(34)33-19-14-26(15-20-33)30(35)31-16-21-32-17-12-25(13-18-32)29-27-8-4-2-6-23(27)10-11-24-7-3-5-9-28(24)29/h2-11,26H,12-21H2,1H3,(H,31,35). The summed E-state index contributed by atoms with van der Waals surface area (Å²) in [5, 5.41) is 3.15. The number of carbonyl (C=O) groups is 2. The van der Waals surface area contributed by atoms with Crippen molar-refractivity contribution in [1.82, 2.24) is 15.1 Å². The number of hydrogen-bond donors (Lipinski definition) is 1. The van der Waals surface area contributed by atoms with Crippen molar-refractivity contribution in [3.63, 3.8) is 0 Å². The topological polar surface area (TPSA) is 52.7 Å². The van der Waals surface area contributed by atoms with Gasteiger partial charge in [0.15, 0.2) is 0 Å². The van der Waals surface area contributed by atoms with Crippen molar-refractivity contribution in [2.75, 3.05) is 39.3 Å². The lowest BCUT2D eigenvalue weighted by atomic mass is 9.86. The number of hydrogen-bond acceptors (Lipinski definition) is 3. The first-order valence-electron chi connectivity index (χ1n) is 12.9. The fraction of sp³-hybridized carbons (Fsp3) is 0.400. The maximum atomic E-state index is 12.6. The van der Waals surface area contributed by atoms with Crippen LogP contribution < -0.4 is 5.32 Å². The Morgan fingerprint density at radius 3 is 2.00 bits per heavy atom. The van der Waals surface area contributed by atoms with Crippen LogP contribution in [0, 0.1) is 5.92 Å². The fourth-order valence-electron chi connectivity index (χ4n) is 5.68. The Labute approximate surface area is 208 Å². The first kappa shape index (κ1) is 23.6. The fourth-order valence-corrected chi connectivity index (χ4v) is 5.68. The van der Waals surface area contributed by atoms with Gasteiger partial charge in [0, 0.05) is 52.1 Å². The van der Waals surface area contributed by atoms with Crippen LogP contribution >= 0.6 is 0 Å². The van der Waals surface area contributed by atoms with Crippen LogP contribution in [0.4, 0.5) is 0 Å². The average molecular weight is 470 g/mol. The summed E-state index contributed by atoms with van der Waals surface area (Å²) < 4.78 is 0. The Balaban J connectivity index is 1.19. The summed E-state index contributed by atoms with van der Waals surface area (Å²) >= 11 is 0. The Bertz CT molecular complexity index is 1100. The van der Waals surface area contributed by atoms with Crippen LogP contribution in [0.15, 0.2) is 54.1 Å². The predicted molar refractivity (Wildman–Crippen MR) is 141 cm³/mol. The highest BCUT2D eigenvalue weighted by Crippen LogP contribution is 2.38. The minimum atomic E-state index is 0.0345. The SMILES string of the molecule is CC(=O)N1CCC(C(=O)NCCN2CCC(=C3c4ccccc4C=Cc4ccccc43)CC2)CC1. The summed E-state index contributed by atoms with van der Waals surface area (Å²) in [5.41, 5.74) is 8.17. The summed E-state index contributed by atoms with van der Waals surface area (Å²) in [6, 6.07) is 17.4. The second kappa shape index (κ2) is 10.6. The highest BCUT2D eigenvalue weighted by Gasteiger charge is 2.26. The molecule has 5 heteroatoms. The molecule has 0 spiro atoms. The molecule has 2 aromatic rings. The molecule has 1 N–H and O–H groups in total. The van der Waals surface area contributed by atoms with Gasteiger partial charge < -0.3 is 15.1 Å². The summed E-state index contributed by atoms with van der Waals surface area (Å²) in [4.78, 5) is 28.4. The van der Waals surface area contributed by atoms with Gasteiger partial charge >= 0.3 is 0 Å². The molecule has 1 aliphatic carbocycles. The molecular weight excluding hydrogens is 434 g/mol. The average Bonchev–Trinajstić information content (AvgIpc) is 3.06. The molecule has 182 valence electrons. The summed E-state index contributed by atoms with van der Waals surface area (Å²) in [7, 11) is 0. The molecule has 2 saturated heterocycles. The smallest absolute Gasteiger partial charge is 0.223 e. The first-order valence-corrected chi connectivity index (χ1v) is 12.9. The number of piperidine rings is 2. The monoisotopic (exact) mass is 469 g/mol. The number of fused-ring (bicyclic) bond motifs is 2. The largest absolute Gasteiger partial charge is 0.355 e. The van der Waals surface area contributed by atoms with E-state index in [0.717, 1.165) is 45.3 Å². The van der Waals surface area contributed by atoms with Crippen molar-refractivity contribution in [1.29, 1.82) is 0 Å². The highest BCUT2D eigenvalue weighted by molar-refractivity contribution is 5.95. The molecule has 0 radical (unpaired) electrons. The number of rotatable bonds is 4. The lowest BCUT2D eigenvalue weighted by molar-refractivity contribution is -0.133. The summed E-state index contributed by atoms with van der Waals surface area (Å²) in [5.74, 6) is 0.287. The number of carbonyl (C=O) groups excluding carboxylic acids is 2. The van der Waals surface area contributed by atoms with Gasteiger partial charge in [-0.2, -0.15) is 0 Å². The van der Waals surface area contributed by atoms with Crippen molar-refractivity contribution in [2.24, 2.45) is 5.92 Å². The molecule has 35 heavy (non-hydrogen) atoms. The van der Waals surface area contributed by atoms with E-state index in [0.29, 0.717) is 19.6 Å². The molecule has 3 aliphatic rings. The number of amides is 2. The molecule has 5 rings (SSSR count). The number of benzene rings is 2. The van der Waals surface area contributed by atoms with Gasteiger partial charge in [-0.3, -0.25) is 9.59 Å². The lowest BCUT2D eigenvalue weighted by Crippen LogP contribution is -2.44. The van der Waals surface area contributed by atoms with Gasteiger partial charge in [-0.1, -0.05) is 66.3 Å². The summed E-state index contributed by atoms with van der Waals surface area (Å²) in [6.45, 7) is 6.59. The molecule has 0 unspecified atom stereocenters. The predicted octanol–water partition coefficient (Wildman–Crippen LogP) is 4.44. The number of nitrogens with one attached hydrogen (secondary N) is 1. The highest BCUT2D eigenvalue weighted by atomic mass is 16.2. The lowest BCUT2D eigenvalue weighted by Gasteiger charge is -2.32. The zero-order valence-corrected chi connectivity index (χ0v) is 20.6. The zero-order chi connectivity index (χ0) is 24.2. The normalized spacial score (nSPS) is 18.6. The van der Waals surface area contributed by atoms with E-state index < -0.39 is 0 Å². The van der Waals surface area contributed by atoms with Gasteiger partial charge in [0.25, 0.3) is 0 Å². The second-order valence-corrected chi connectivity index (χ2v) is 9.90. The van der Waals surface area contributed by atoms with Crippen LogP contribution in [-0.4, -0.2) is 60.9 Å². The Hall–Kier alpha value is -3.18. The molecule has 2 aromatic carbocycles. The van der Waals surface area contributed by atoms with E-state index in [1.54, 1.807) is 6.92 Å². The van der Waals surface area contributed by atoms with E-state index >= 15 is 0 Å². The Kier molecular flexibility index (Phi) is 7.14. The molecule has 0 saturated carbocycles. The van der Waals surface area contributed by atoms with Gasteiger partial charge in [0.2, 0.25) is 11.8 Å². The zero-order valence-electron chi connectivity index (χ0n) is 20.6.